The van der Waals surface area contributed by atoms with Crippen LogP contribution in [0.1, 0.15) is 31.4 Å². The number of sulfonamides is 1. The van der Waals surface area contributed by atoms with Gasteiger partial charge in [0, 0.05) is 24.0 Å². The lowest BCUT2D eigenvalue weighted by Crippen LogP contribution is -2.54. The van der Waals surface area contributed by atoms with E-state index >= 15 is 0 Å². The third-order valence-corrected chi connectivity index (χ3v) is 8.71. The monoisotopic (exact) mass is 647 g/mol. The summed E-state index contributed by atoms with van der Waals surface area (Å²) in [5.74, 6) is 0.307. The number of ether oxygens (including phenoxy) is 1. The maximum Gasteiger partial charge on any atom is 0.244 e. The molecule has 0 saturated heterocycles. The van der Waals surface area contributed by atoms with Crippen molar-refractivity contribution in [1.82, 2.24) is 10.2 Å². The molecule has 0 fully saturated rings. The number of hydrogen-bond acceptors (Lipinski definition) is 5. The average molecular weight is 648 g/mol. The quantitative estimate of drug-likeness (QED) is 0.170. The number of halogens is 1. The summed E-state index contributed by atoms with van der Waals surface area (Å²) in [6, 6.07) is 31.1. The number of hydrogen-bond donors (Lipinski definition) is 1. The van der Waals surface area contributed by atoms with Crippen molar-refractivity contribution in [3.8, 4) is 11.5 Å². The number of carbonyl (C=O) groups is 2. The number of nitrogens with zero attached hydrogens (tertiary/aromatic N) is 2. The van der Waals surface area contributed by atoms with Gasteiger partial charge in [0.05, 0.1) is 11.9 Å². The molecule has 0 spiro atoms. The fourth-order valence-corrected chi connectivity index (χ4v) is 5.68. The standard InChI is InChI=1S/C35H38ClN3O5S/c1-4-26(2)37-35(41)33(23-27-11-7-5-8-12-27)38(24-28-15-17-29(36)18-16-28)34(40)25-39(45(3,42)43)30-19-21-32(22-20-30)44-31-13-9-6-10-14-31/h5-22,26,33H,4,23-25H2,1-3H3,(H,37,41)/t26-,33+/m1/s1. The first-order valence-electron chi connectivity index (χ1n) is 14.7. The van der Waals surface area contributed by atoms with Crippen LogP contribution in [0.5, 0.6) is 11.5 Å². The van der Waals surface area contributed by atoms with Crippen molar-refractivity contribution in [2.75, 3.05) is 17.1 Å². The fourth-order valence-electron chi connectivity index (χ4n) is 4.70. The molecule has 0 heterocycles. The van der Waals surface area contributed by atoms with E-state index in [2.05, 4.69) is 5.32 Å². The van der Waals surface area contributed by atoms with Crippen molar-refractivity contribution >= 4 is 39.1 Å². The van der Waals surface area contributed by atoms with E-state index in [0.717, 1.165) is 21.7 Å². The summed E-state index contributed by atoms with van der Waals surface area (Å²) < 4.78 is 33.0. The largest absolute Gasteiger partial charge is 0.457 e. The Morgan fingerprint density at radius 2 is 1.40 bits per heavy atom. The molecule has 0 saturated carbocycles. The van der Waals surface area contributed by atoms with E-state index in [0.29, 0.717) is 28.6 Å². The van der Waals surface area contributed by atoms with Gasteiger partial charge in [-0.15, -0.1) is 0 Å². The Morgan fingerprint density at radius 1 is 0.822 bits per heavy atom. The molecule has 1 N–H and O–H groups in total. The lowest BCUT2D eigenvalue weighted by atomic mass is 10.0. The summed E-state index contributed by atoms with van der Waals surface area (Å²) in [5.41, 5.74) is 1.90. The lowest BCUT2D eigenvalue weighted by Gasteiger charge is -2.34. The molecule has 4 rings (SSSR count). The van der Waals surface area contributed by atoms with Gasteiger partial charge in [0.1, 0.15) is 24.1 Å². The number of anilines is 1. The fraction of sp³-hybridized carbons (Fsp3) is 0.257. The highest BCUT2D eigenvalue weighted by Gasteiger charge is 2.33. The number of amides is 2. The minimum absolute atomic E-state index is 0.0723. The summed E-state index contributed by atoms with van der Waals surface area (Å²) in [5, 5.41) is 3.56. The Bertz CT molecular complexity index is 1650. The van der Waals surface area contributed by atoms with E-state index < -0.39 is 28.5 Å². The van der Waals surface area contributed by atoms with Crippen LogP contribution in [0.2, 0.25) is 5.02 Å². The zero-order valence-electron chi connectivity index (χ0n) is 25.6. The molecule has 2 amide bonds. The Morgan fingerprint density at radius 3 is 1.98 bits per heavy atom. The first-order chi connectivity index (χ1) is 21.5. The van der Waals surface area contributed by atoms with Gasteiger partial charge in [-0.1, -0.05) is 79.2 Å². The highest BCUT2D eigenvalue weighted by Crippen LogP contribution is 2.26. The molecule has 45 heavy (non-hydrogen) atoms. The van der Waals surface area contributed by atoms with Crippen LogP contribution in [0.25, 0.3) is 0 Å². The molecular weight excluding hydrogens is 610 g/mol. The van der Waals surface area contributed by atoms with Gasteiger partial charge < -0.3 is 15.0 Å². The molecule has 0 aliphatic carbocycles. The molecule has 0 aromatic heterocycles. The van der Waals surface area contributed by atoms with Crippen molar-refractivity contribution in [2.45, 2.75) is 45.3 Å². The Kier molecular flexibility index (Phi) is 11.6. The SMILES string of the molecule is CC[C@@H](C)NC(=O)[C@H](Cc1ccccc1)N(Cc1ccc(Cl)cc1)C(=O)CN(c1ccc(Oc2ccccc2)cc1)S(C)(=O)=O. The van der Waals surface area contributed by atoms with Gasteiger partial charge in [-0.3, -0.25) is 13.9 Å². The number of rotatable bonds is 14. The second-order valence-electron chi connectivity index (χ2n) is 10.9. The molecule has 4 aromatic carbocycles. The van der Waals surface area contributed by atoms with Crippen LogP contribution in [-0.2, 0) is 32.6 Å². The predicted octanol–water partition coefficient (Wildman–Crippen LogP) is 6.45. The topological polar surface area (TPSA) is 96.0 Å². The van der Waals surface area contributed by atoms with Gasteiger partial charge in [0.2, 0.25) is 21.8 Å². The van der Waals surface area contributed by atoms with Crippen LogP contribution in [0, 0.1) is 0 Å². The molecule has 10 heteroatoms. The van der Waals surface area contributed by atoms with Gasteiger partial charge in [-0.2, -0.15) is 0 Å². The van der Waals surface area contributed by atoms with Gasteiger partial charge >= 0.3 is 0 Å². The molecule has 4 aromatic rings. The zero-order valence-corrected chi connectivity index (χ0v) is 27.2. The van der Waals surface area contributed by atoms with Crippen molar-refractivity contribution in [2.24, 2.45) is 0 Å². The zero-order chi connectivity index (χ0) is 32.4. The van der Waals surface area contributed by atoms with Crippen molar-refractivity contribution in [3.05, 3.63) is 125 Å². The second-order valence-corrected chi connectivity index (χ2v) is 13.2. The summed E-state index contributed by atoms with van der Waals surface area (Å²) >= 11 is 6.12. The van der Waals surface area contributed by atoms with Crippen LogP contribution in [-0.4, -0.2) is 50.0 Å². The smallest absolute Gasteiger partial charge is 0.244 e. The van der Waals surface area contributed by atoms with Crippen molar-refractivity contribution < 1.29 is 22.7 Å². The van der Waals surface area contributed by atoms with E-state index in [4.69, 9.17) is 16.3 Å². The maximum atomic E-state index is 14.2. The molecular formula is C35H38ClN3O5S. The molecule has 0 bridgehead atoms. The minimum Gasteiger partial charge on any atom is -0.457 e. The first kappa shape index (κ1) is 33.6. The molecule has 0 radical (unpaired) electrons. The molecule has 2 atom stereocenters. The summed E-state index contributed by atoms with van der Waals surface area (Å²) in [4.78, 5) is 29.5. The molecule has 8 nitrogen and oxygen atoms in total. The number of nitrogens with one attached hydrogen (secondary N) is 1. The van der Waals surface area contributed by atoms with E-state index in [-0.39, 0.29) is 24.9 Å². The van der Waals surface area contributed by atoms with Crippen LogP contribution in [0.4, 0.5) is 5.69 Å². The van der Waals surface area contributed by atoms with E-state index in [1.54, 1.807) is 48.5 Å². The van der Waals surface area contributed by atoms with Crippen LogP contribution < -0.4 is 14.4 Å². The normalized spacial score (nSPS) is 12.5. The minimum atomic E-state index is -3.90. The summed E-state index contributed by atoms with van der Waals surface area (Å²) in [7, 11) is -3.90. The maximum absolute atomic E-state index is 14.2. The summed E-state index contributed by atoms with van der Waals surface area (Å²) in [6.07, 6.45) is 2.00. The van der Waals surface area contributed by atoms with E-state index in [1.807, 2.05) is 74.5 Å². The lowest BCUT2D eigenvalue weighted by molar-refractivity contribution is -0.140. The van der Waals surface area contributed by atoms with Gasteiger partial charge in [0.25, 0.3) is 0 Å². The van der Waals surface area contributed by atoms with E-state index in [1.165, 1.54) is 4.90 Å². The number of para-hydroxylation sites is 1. The number of carbonyl (C=O) groups excluding carboxylic acids is 2. The van der Waals surface area contributed by atoms with Gasteiger partial charge in [-0.05, 0) is 73.0 Å². The average Bonchev–Trinajstić information content (AvgIpc) is 3.03. The van der Waals surface area contributed by atoms with Gasteiger partial charge in [0.15, 0.2) is 0 Å². The Labute approximate surface area is 270 Å². The third kappa shape index (κ3) is 9.83. The second kappa shape index (κ2) is 15.6. The Hall–Kier alpha value is -4.34. The highest BCUT2D eigenvalue weighted by atomic mass is 35.5. The van der Waals surface area contributed by atoms with Crippen molar-refractivity contribution in [3.63, 3.8) is 0 Å². The van der Waals surface area contributed by atoms with Gasteiger partial charge in [-0.25, -0.2) is 8.42 Å². The van der Waals surface area contributed by atoms with Crippen LogP contribution >= 0.6 is 11.6 Å². The summed E-state index contributed by atoms with van der Waals surface area (Å²) in [6.45, 7) is 3.43. The van der Waals surface area contributed by atoms with E-state index in [9.17, 15) is 18.0 Å². The molecule has 0 unspecified atom stereocenters. The van der Waals surface area contributed by atoms with Crippen LogP contribution in [0.3, 0.4) is 0 Å². The Balaban J connectivity index is 1.67. The predicted molar refractivity (Wildman–Crippen MR) is 179 cm³/mol. The molecule has 0 aliphatic rings. The molecule has 0 aliphatic heterocycles. The third-order valence-electron chi connectivity index (χ3n) is 7.32. The number of benzene rings is 4. The molecule has 236 valence electrons. The van der Waals surface area contributed by atoms with Crippen LogP contribution in [0.15, 0.2) is 109 Å². The first-order valence-corrected chi connectivity index (χ1v) is 16.9. The van der Waals surface area contributed by atoms with Crippen molar-refractivity contribution in [1.29, 1.82) is 0 Å². The highest BCUT2D eigenvalue weighted by molar-refractivity contribution is 7.92.